The van der Waals surface area contributed by atoms with Crippen LogP contribution in [0.2, 0.25) is 0 Å². The largest absolute Gasteiger partial charge is 0.472 e. The van der Waals surface area contributed by atoms with Gasteiger partial charge in [-0.15, -0.1) is 0 Å². The van der Waals surface area contributed by atoms with Crippen molar-refractivity contribution in [1.29, 1.82) is 5.26 Å². The van der Waals surface area contributed by atoms with Crippen molar-refractivity contribution < 1.29 is 14.0 Å². The molecule has 1 fully saturated rings. The molecule has 1 aromatic heterocycles. The Kier molecular flexibility index (Phi) is 3.19. The van der Waals surface area contributed by atoms with E-state index in [9.17, 15) is 9.59 Å². The lowest BCUT2D eigenvalue weighted by Gasteiger charge is -2.25. The van der Waals surface area contributed by atoms with Crippen LogP contribution in [0, 0.1) is 23.2 Å². The Hall–Kier alpha value is -2.09. The highest BCUT2D eigenvalue weighted by Crippen LogP contribution is 2.27. The number of carbonyl (C=O) groups is 2. The van der Waals surface area contributed by atoms with Gasteiger partial charge in [0.25, 0.3) is 0 Å². The molecule has 0 N–H and O–H groups in total. The molecule has 5 nitrogen and oxygen atoms in total. The number of nitriles is 1. The molecule has 2 unspecified atom stereocenters. The first-order chi connectivity index (χ1) is 8.56. The van der Waals surface area contributed by atoms with Crippen LogP contribution in [0.5, 0.6) is 0 Å². The number of Topliss-reactive ketones (excluding diaryl/α,β-unsaturated/α-hetero) is 1. The second kappa shape index (κ2) is 4.65. The third-order valence-corrected chi connectivity index (χ3v) is 3.14. The van der Waals surface area contributed by atoms with E-state index in [-0.39, 0.29) is 11.7 Å². The lowest BCUT2D eigenvalue weighted by molar-refractivity contribution is -0.131. The van der Waals surface area contributed by atoms with Crippen molar-refractivity contribution in [3.8, 4) is 6.07 Å². The minimum absolute atomic E-state index is 0.00768. The number of furan rings is 1. The fourth-order valence-electron chi connectivity index (χ4n) is 2.31. The van der Waals surface area contributed by atoms with Crippen molar-refractivity contribution >= 4 is 11.7 Å². The van der Waals surface area contributed by atoms with E-state index in [1.165, 1.54) is 17.4 Å². The molecule has 0 spiro atoms. The topological polar surface area (TPSA) is 74.3 Å². The summed E-state index contributed by atoms with van der Waals surface area (Å²) in [4.78, 5) is 25.5. The lowest BCUT2D eigenvalue weighted by Crippen LogP contribution is -2.38. The normalized spacial score (nSPS) is 23.8. The summed E-state index contributed by atoms with van der Waals surface area (Å²) in [5, 5.41) is 8.91. The Labute approximate surface area is 105 Å². The predicted octanol–water partition coefficient (Wildman–Crippen LogP) is 1.36. The van der Waals surface area contributed by atoms with Gasteiger partial charge in [-0.05, 0) is 12.0 Å². The fourth-order valence-corrected chi connectivity index (χ4v) is 2.31. The summed E-state index contributed by atoms with van der Waals surface area (Å²) in [5.41, 5.74) is 0.820. The summed E-state index contributed by atoms with van der Waals surface area (Å²) >= 11 is 0. The van der Waals surface area contributed by atoms with Gasteiger partial charge in [0, 0.05) is 12.1 Å². The molecule has 1 aromatic rings. The highest BCUT2D eigenvalue weighted by atomic mass is 16.3. The molecule has 2 rings (SSSR count). The van der Waals surface area contributed by atoms with Gasteiger partial charge in [0.15, 0.2) is 11.7 Å². The van der Waals surface area contributed by atoms with Gasteiger partial charge in [0.2, 0.25) is 5.91 Å². The Balaban J connectivity index is 2.29. The van der Waals surface area contributed by atoms with Crippen LogP contribution in [0.15, 0.2) is 23.0 Å². The maximum absolute atomic E-state index is 12.0. The molecular formula is C13H14N2O3. The highest BCUT2D eigenvalue weighted by Gasteiger charge is 2.48. The first kappa shape index (κ1) is 12.4. The van der Waals surface area contributed by atoms with Crippen molar-refractivity contribution in [1.82, 2.24) is 4.90 Å². The van der Waals surface area contributed by atoms with E-state index in [0.29, 0.717) is 6.54 Å². The maximum Gasteiger partial charge on any atom is 0.248 e. The Morgan fingerprint density at radius 1 is 1.50 bits per heavy atom. The van der Waals surface area contributed by atoms with Gasteiger partial charge in [0.05, 0.1) is 24.6 Å². The number of hydrogen-bond acceptors (Lipinski definition) is 4. The highest BCUT2D eigenvalue weighted by molar-refractivity contribution is 6.12. The van der Waals surface area contributed by atoms with Gasteiger partial charge in [-0.2, -0.15) is 5.26 Å². The number of hydrogen-bond donors (Lipinski definition) is 0. The van der Waals surface area contributed by atoms with E-state index >= 15 is 0 Å². The first-order valence-electron chi connectivity index (χ1n) is 5.81. The molecule has 94 valence electrons. The van der Waals surface area contributed by atoms with Crippen LogP contribution in [0.3, 0.4) is 0 Å². The zero-order chi connectivity index (χ0) is 13.3. The third kappa shape index (κ3) is 1.90. The van der Waals surface area contributed by atoms with Crippen molar-refractivity contribution in [3.63, 3.8) is 0 Å². The second-order valence-electron chi connectivity index (χ2n) is 4.75. The number of amides is 1. The molecule has 0 saturated carbocycles. The Morgan fingerprint density at radius 3 is 2.72 bits per heavy atom. The van der Waals surface area contributed by atoms with E-state index in [0.717, 1.165) is 5.56 Å². The van der Waals surface area contributed by atoms with Gasteiger partial charge in [-0.25, -0.2) is 0 Å². The van der Waals surface area contributed by atoms with Gasteiger partial charge >= 0.3 is 0 Å². The zero-order valence-electron chi connectivity index (χ0n) is 10.3. The number of rotatable bonds is 3. The maximum atomic E-state index is 12.0. The molecule has 0 aliphatic carbocycles. The number of ketones is 1. The van der Waals surface area contributed by atoms with Crippen molar-refractivity contribution in [3.05, 3.63) is 24.2 Å². The van der Waals surface area contributed by atoms with Crippen LogP contribution < -0.4 is 0 Å². The van der Waals surface area contributed by atoms with Gasteiger partial charge in [-0.3, -0.25) is 9.59 Å². The van der Waals surface area contributed by atoms with Crippen LogP contribution in [0.1, 0.15) is 19.4 Å². The molecule has 1 amide bonds. The van der Waals surface area contributed by atoms with E-state index in [4.69, 9.17) is 9.68 Å². The molecule has 0 aromatic carbocycles. The predicted molar refractivity (Wildman–Crippen MR) is 62.0 cm³/mol. The molecule has 5 heteroatoms. The van der Waals surface area contributed by atoms with Crippen molar-refractivity contribution in [2.24, 2.45) is 11.8 Å². The summed E-state index contributed by atoms with van der Waals surface area (Å²) in [7, 11) is 0. The molecule has 18 heavy (non-hydrogen) atoms. The monoisotopic (exact) mass is 246 g/mol. The SMILES string of the molecule is CC(C)C1C(=O)C(C#N)C(=O)N1Cc1ccoc1. The second-order valence-corrected chi connectivity index (χ2v) is 4.75. The minimum Gasteiger partial charge on any atom is -0.472 e. The van der Waals surface area contributed by atoms with Gasteiger partial charge in [-0.1, -0.05) is 13.8 Å². The third-order valence-electron chi connectivity index (χ3n) is 3.14. The molecule has 1 aliphatic heterocycles. The van der Waals surface area contributed by atoms with Crippen LogP contribution in [0.4, 0.5) is 0 Å². The fraction of sp³-hybridized carbons (Fsp3) is 0.462. The van der Waals surface area contributed by atoms with Gasteiger partial charge < -0.3 is 9.32 Å². The molecule has 2 atom stereocenters. The summed E-state index contributed by atoms with van der Waals surface area (Å²) in [6, 6.07) is 3.02. The van der Waals surface area contributed by atoms with Crippen molar-refractivity contribution in [2.45, 2.75) is 26.4 Å². The number of nitrogens with zero attached hydrogens (tertiary/aromatic N) is 2. The Bertz CT molecular complexity index is 499. The Morgan fingerprint density at radius 2 is 2.22 bits per heavy atom. The molecule has 1 aliphatic rings. The average Bonchev–Trinajstić information content (AvgIpc) is 2.88. The summed E-state index contributed by atoms with van der Waals surface area (Å²) in [5.74, 6) is -1.85. The molecular weight excluding hydrogens is 232 g/mol. The van der Waals surface area contributed by atoms with Gasteiger partial charge in [0.1, 0.15) is 0 Å². The molecule has 0 bridgehead atoms. The first-order valence-corrected chi connectivity index (χ1v) is 5.81. The van der Waals surface area contributed by atoms with Crippen molar-refractivity contribution in [2.75, 3.05) is 0 Å². The van der Waals surface area contributed by atoms with E-state index < -0.39 is 17.9 Å². The zero-order valence-corrected chi connectivity index (χ0v) is 10.3. The lowest BCUT2D eigenvalue weighted by atomic mass is 9.96. The molecule has 1 saturated heterocycles. The average molecular weight is 246 g/mol. The summed E-state index contributed by atoms with van der Waals surface area (Å²) in [6.07, 6.45) is 3.05. The summed E-state index contributed by atoms with van der Waals surface area (Å²) in [6.45, 7) is 4.05. The van der Waals surface area contributed by atoms with Crippen LogP contribution in [-0.2, 0) is 16.1 Å². The number of likely N-dealkylation sites (tertiary alicyclic amines) is 1. The van der Waals surface area contributed by atoms with Crippen LogP contribution in [-0.4, -0.2) is 22.6 Å². The number of carbonyl (C=O) groups excluding carboxylic acids is 2. The van der Waals surface area contributed by atoms with E-state index in [2.05, 4.69) is 0 Å². The molecule has 2 heterocycles. The van der Waals surface area contributed by atoms with Crippen LogP contribution >= 0.6 is 0 Å². The van der Waals surface area contributed by atoms with E-state index in [1.54, 1.807) is 12.1 Å². The standard InChI is InChI=1S/C13H14N2O3/c1-8(2)11-12(16)10(5-14)13(17)15(11)6-9-3-4-18-7-9/h3-4,7-8,10-11H,6H2,1-2H3. The quantitative estimate of drug-likeness (QED) is 0.754. The summed E-state index contributed by atoms with van der Waals surface area (Å²) < 4.78 is 4.95. The molecule has 0 radical (unpaired) electrons. The smallest absolute Gasteiger partial charge is 0.248 e. The van der Waals surface area contributed by atoms with E-state index in [1.807, 2.05) is 13.8 Å². The minimum atomic E-state index is -1.15. The van der Waals surface area contributed by atoms with Crippen LogP contribution in [0.25, 0.3) is 0 Å².